The number of rotatable bonds is 5. The zero-order valence-corrected chi connectivity index (χ0v) is 16.5. The van der Waals surface area contributed by atoms with Crippen LogP contribution in [-0.4, -0.2) is 20.7 Å². The summed E-state index contributed by atoms with van der Waals surface area (Å²) in [6, 6.07) is 15.7. The molecule has 0 saturated heterocycles. The van der Waals surface area contributed by atoms with E-state index in [1.54, 1.807) is 18.3 Å². The average Bonchev–Trinajstić information content (AvgIpc) is 3.37. The highest BCUT2D eigenvalue weighted by Crippen LogP contribution is 2.33. The molecule has 2 heterocycles. The summed E-state index contributed by atoms with van der Waals surface area (Å²) in [6.07, 6.45) is 6.57. The number of pyridine rings is 1. The Hall–Kier alpha value is -2.47. The molecule has 5 nitrogen and oxygen atoms in total. The monoisotopic (exact) mass is 424 g/mol. The second kappa shape index (κ2) is 8.05. The first kappa shape index (κ1) is 17.9. The van der Waals surface area contributed by atoms with Gasteiger partial charge in [-0.15, -0.1) is 0 Å². The van der Waals surface area contributed by atoms with Crippen LogP contribution in [-0.2, 0) is 6.54 Å². The molecule has 1 aliphatic carbocycles. The molecule has 3 aromatic rings. The molecule has 0 aliphatic heterocycles. The topological polar surface area (TPSA) is 59.8 Å². The highest BCUT2D eigenvalue weighted by Gasteiger charge is 2.22. The maximum absolute atomic E-state index is 12.4. The molecule has 0 bridgehead atoms. The van der Waals surface area contributed by atoms with Gasteiger partial charge in [-0.3, -0.25) is 14.5 Å². The maximum Gasteiger partial charge on any atom is 0.251 e. The van der Waals surface area contributed by atoms with Crippen molar-refractivity contribution < 1.29 is 4.79 Å². The lowest BCUT2D eigenvalue weighted by atomic mass is 10.2. The van der Waals surface area contributed by atoms with Gasteiger partial charge in [0, 0.05) is 16.2 Å². The fourth-order valence-electron chi connectivity index (χ4n) is 3.54. The number of hydrogen-bond donors (Lipinski definition) is 1. The van der Waals surface area contributed by atoms with Gasteiger partial charge >= 0.3 is 0 Å². The van der Waals surface area contributed by atoms with Crippen LogP contribution in [0.3, 0.4) is 0 Å². The Morgan fingerprint density at radius 1 is 1.15 bits per heavy atom. The third-order valence-electron chi connectivity index (χ3n) is 4.92. The largest absolute Gasteiger partial charge is 0.346 e. The van der Waals surface area contributed by atoms with E-state index in [1.165, 1.54) is 12.8 Å². The van der Waals surface area contributed by atoms with E-state index in [9.17, 15) is 4.79 Å². The van der Waals surface area contributed by atoms with Crippen molar-refractivity contribution in [3.05, 3.63) is 70.5 Å². The number of hydrogen-bond acceptors (Lipinski definition) is 3. The fourth-order valence-corrected chi connectivity index (χ4v) is 3.80. The number of aromatic nitrogens is 3. The van der Waals surface area contributed by atoms with Crippen molar-refractivity contribution in [3.63, 3.8) is 0 Å². The van der Waals surface area contributed by atoms with E-state index in [2.05, 4.69) is 30.9 Å². The lowest BCUT2D eigenvalue weighted by Crippen LogP contribution is -2.23. The van der Waals surface area contributed by atoms with Crippen LogP contribution in [0.25, 0.3) is 11.4 Å². The third-order valence-corrected chi connectivity index (χ3v) is 5.45. The summed E-state index contributed by atoms with van der Waals surface area (Å²) in [5.41, 5.74) is 3.43. The van der Waals surface area contributed by atoms with Crippen LogP contribution in [0.5, 0.6) is 0 Å². The first-order valence-corrected chi connectivity index (χ1v) is 10.0. The first-order valence-electron chi connectivity index (χ1n) is 9.24. The van der Waals surface area contributed by atoms with Gasteiger partial charge in [-0.1, -0.05) is 34.8 Å². The fraction of sp³-hybridized carbons (Fsp3) is 0.286. The van der Waals surface area contributed by atoms with E-state index in [0.29, 0.717) is 18.2 Å². The Kier molecular flexibility index (Phi) is 5.34. The average molecular weight is 425 g/mol. The summed E-state index contributed by atoms with van der Waals surface area (Å²) >= 11 is 3.38. The second-order valence-corrected chi connectivity index (χ2v) is 7.72. The van der Waals surface area contributed by atoms with Crippen LogP contribution in [0.4, 0.5) is 0 Å². The molecule has 1 amide bonds. The van der Waals surface area contributed by atoms with E-state index >= 15 is 0 Å². The highest BCUT2D eigenvalue weighted by atomic mass is 79.9. The molecule has 0 spiro atoms. The normalized spacial score (nSPS) is 14.4. The summed E-state index contributed by atoms with van der Waals surface area (Å²) < 4.78 is 3.06. The second-order valence-electron chi connectivity index (χ2n) is 6.81. The minimum Gasteiger partial charge on any atom is -0.346 e. The van der Waals surface area contributed by atoms with Crippen molar-refractivity contribution in [2.75, 3.05) is 0 Å². The van der Waals surface area contributed by atoms with E-state index in [1.807, 2.05) is 36.4 Å². The molecule has 2 aromatic heterocycles. The third kappa shape index (κ3) is 4.11. The van der Waals surface area contributed by atoms with Crippen LogP contribution >= 0.6 is 15.9 Å². The molecule has 6 heteroatoms. The zero-order chi connectivity index (χ0) is 18.6. The number of carbonyl (C=O) groups excluding carboxylic acids is 1. The Balaban J connectivity index is 1.54. The van der Waals surface area contributed by atoms with Crippen LogP contribution < -0.4 is 5.32 Å². The van der Waals surface area contributed by atoms with Crippen molar-refractivity contribution in [1.29, 1.82) is 0 Å². The van der Waals surface area contributed by atoms with Crippen molar-refractivity contribution in [2.45, 2.75) is 38.3 Å². The summed E-state index contributed by atoms with van der Waals surface area (Å²) in [5.74, 6) is -0.0997. The predicted molar refractivity (Wildman–Crippen MR) is 108 cm³/mol. The Bertz CT molecular complexity index is 915. The van der Waals surface area contributed by atoms with Crippen LogP contribution in [0.1, 0.15) is 47.8 Å². The number of carbonyl (C=O) groups is 1. The van der Waals surface area contributed by atoms with E-state index < -0.39 is 0 Å². The van der Waals surface area contributed by atoms with Crippen LogP contribution in [0.2, 0.25) is 0 Å². The molecule has 0 unspecified atom stereocenters. The first-order chi connectivity index (χ1) is 13.2. The molecular formula is C21H21BrN4O. The molecule has 1 saturated carbocycles. The van der Waals surface area contributed by atoms with Crippen molar-refractivity contribution in [3.8, 4) is 11.4 Å². The summed E-state index contributed by atoms with van der Waals surface area (Å²) in [4.78, 5) is 16.9. The molecule has 1 fully saturated rings. The number of nitrogens with one attached hydrogen (secondary N) is 1. The van der Waals surface area contributed by atoms with Gasteiger partial charge in [-0.05, 0) is 55.3 Å². The Morgan fingerprint density at radius 2 is 1.93 bits per heavy atom. The van der Waals surface area contributed by atoms with Crippen LogP contribution in [0, 0.1) is 0 Å². The highest BCUT2D eigenvalue weighted by molar-refractivity contribution is 9.10. The molecular weight excluding hydrogens is 404 g/mol. The Labute approximate surface area is 167 Å². The molecule has 0 radical (unpaired) electrons. The minimum atomic E-state index is -0.0997. The molecule has 1 aliphatic rings. The standard InChI is InChI=1S/C21H21BrN4O/c22-16-10-8-15(9-11-16)21(27)24-14-17-13-20(19-7-3-4-12-23-19)26(25-17)18-5-1-2-6-18/h3-4,7-13,18H,1-2,5-6,14H2,(H,24,27). The number of halogens is 1. The van der Waals surface area contributed by atoms with Gasteiger partial charge in [0.25, 0.3) is 5.91 Å². The van der Waals surface area contributed by atoms with Crippen molar-refractivity contribution in [1.82, 2.24) is 20.1 Å². The summed E-state index contributed by atoms with van der Waals surface area (Å²) in [6.45, 7) is 0.397. The molecule has 0 atom stereocenters. The van der Waals surface area contributed by atoms with E-state index in [-0.39, 0.29) is 5.91 Å². The van der Waals surface area contributed by atoms with Gasteiger partial charge < -0.3 is 5.32 Å². The van der Waals surface area contributed by atoms with Gasteiger partial charge in [0.05, 0.1) is 29.7 Å². The van der Waals surface area contributed by atoms with Gasteiger partial charge in [-0.25, -0.2) is 0 Å². The number of nitrogens with zero attached hydrogens (tertiary/aromatic N) is 3. The van der Waals surface area contributed by atoms with Crippen molar-refractivity contribution in [2.24, 2.45) is 0 Å². The number of amides is 1. The van der Waals surface area contributed by atoms with Crippen molar-refractivity contribution >= 4 is 21.8 Å². The lowest BCUT2D eigenvalue weighted by molar-refractivity contribution is 0.0950. The lowest BCUT2D eigenvalue weighted by Gasteiger charge is -2.13. The molecule has 1 N–H and O–H groups in total. The zero-order valence-electron chi connectivity index (χ0n) is 14.9. The SMILES string of the molecule is O=C(NCc1cc(-c2ccccn2)n(C2CCCC2)n1)c1ccc(Br)cc1. The van der Waals surface area contributed by atoms with Gasteiger partial charge in [0.1, 0.15) is 0 Å². The molecule has 1 aromatic carbocycles. The van der Waals surface area contributed by atoms with Gasteiger partial charge in [0.2, 0.25) is 0 Å². The summed E-state index contributed by atoms with van der Waals surface area (Å²) in [7, 11) is 0. The molecule has 4 rings (SSSR count). The predicted octanol–water partition coefficient (Wildman–Crippen LogP) is 4.75. The maximum atomic E-state index is 12.4. The smallest absolute Gasteiger partial charge is 0.251 e. The quantitative estimate of drug-likeness (QED) is 0.642. The van der Waals surface area contributed by atoms with E-state index in [0.717, 1.165) is 34.4 Å². The van der Waals surface area contributed by atoms with Crippen LogP contribution in [0.15, 0.2) is 59.2 Å². The number of benzene rings is 1. The minimum absolute atomic E-state index is 0.0997. The van der Waals surface area contributed by atoms with E-state index in [4.69, 9.17) is 5.10 Å². The molecule has 27 heavy (non-hydrogen) atoms. The Morgan fingerprint density at radius 3 is 2.63 bits per heavy atom. The molecule has 138 valence electrons. The van der Waals surface area contributed by atoms with Gasteiger partial charge in [0.15, 0.2) is 0 Å². The summed E-state index contributed by atoms with van der Waals surface area (Å²) in [5, 5.41) is 7.77. The van der Waals surface area contributed by atoms with Gasteiger partial charge in [-0.2, -0.15) is 5.10 Å².